The molecule has 1 aliphatic carbocycles. The number of benzene rings is 1. The smallest absolute Gasteiger partial charge is 0.313 e. The molecule has 0 aliphatic heterocycles. The van der Waals surface area contributed by atoms with Gasteiger partial charge in [0, 0.05) is 5.02 Å². The minimum atomic E-state index is -0.237. The molecule has 3 nitrogen and oxygen atoms in total. The molecule has 0 aromatic heterocycles. The van der Waals surface area contributed by atoms with Crippen LogP contribution >= 0.6 is 11.6 Å². The second-order valence-corrected chi connectivity index (χ2v) is 5.00. The van der Waals surface area contributed by atoms with Crippen molar-refractivity contribution < 1.29 is 9.53 Å². The van der Waals surface area contributed by atoms with Gasteiger partial charge in [-0.3, -0.25) is 4.79 Å². The number of halogens is 1. The van der Waals surface area contributed by atoms with Gasteiger partial charge in [0.05, 0.1) is 11.5 Å². The molecule has 1 saturated carbocycles. The summed E-state index contributed by atoms with van der Waals surface area (Å²) < 4.78 is 5.11. The van der Waals surface area contributed by atoms with Gasteiger partial charge in [0.15, 0.2) is 0 Å². The van der Waals surface area contributed by atoms with Crippen molar-refractivity contribution in [2.75, 3.05) is 0 Å². The number of nitrogens with zero attached hydrogens (tertiary/aromatic N) is 1. The van der Waals surface area contributed by atoms with Crippen LogP contribution in [0.4, 0.5) is 0 Å². The van der Waals surface area contributed by atoms with Crippen LogP contribution in [0, 0.1) is 17.2 Å². The van der Waals surface area contributed by atoms with Crippen molar-refractivity contribution in [3.05, 3.63) is 41.1 Å². The van der Waals surface area contributed by atoms with Crippen LogP contribution in [0.15, 0.2) is 30.5 Å². The van der Waals surface area contributed by atoms with E-state index in [1.165, 1.54) is 6.26 Å². The Balaban J connectivity index is 2.05. The largest absolute Gasteiger partial charge is 0.433 e. The number of esters is 1. The molecule has 0 N–H and O–H groups in total. The van der Waals surface area contributed by atoms with E-state index in [-0.39, 0.29) is 11.9 Å². The summed E-state index contributed by atoms with van der Waals surface area (Å²) in [7, 11) is 0. The highest BCUT2D eigenvalue weighted by molar-refractivity contribution is 6.30. The Morgan fingerprint density at radius 1 is 1.32 bits per heavy atom. The molecule has 2 rings (SSSR count). The molecule has 1 aromatic carbocycles. The Labute approximate surface area is 117 Å². The summed E-state index contributed by atoms with van der Waals surface area (Å²) in [6.07, 6.45) is 5.16. The lowest BCUT2D eigenvalue weighted by Gasteiger charge is -2.06. The van der Waals surface area contributed by atoms with Crippen LogP contribution < -0.4 is 0 Å². The predicted octanol–water partition coefficient (Wildman–Crippen LogP) is 3.94. The van der Waals surface area contributed by atoms with Gasteiger partial charge in [0.1, 0.15) is 12.3 Å². The topological polar surface area (TPSA) is 50.1 Å². The van der Waals surface area contributed by atoms with Crippen molar-refractivity contribution in [2.24, 2.45) is 5.92 Å². The van der Waals surface area contributed by atoms with Crippen molar-refractivity contribution in [2.45, 2.75) is 25.7 Å². The Morgan fingerprint density at radius 2 is 1.95 bits per heavy atom. The van der Waals surface area contributed by atoms with Crippen molar-refractivity contribution >= 4 is 23.1 Å². The Kier molecular flexibility index (Phi) is 4.59. The van der Waals surface area contributed by atoms with Gasteiger partial charge in [0.2, 0.25) is 0 Å². The summed E-state index contributed by atoms with van der Waals surface area (Å²) in [5.41, 5.74) is 1.01. The first kappa shape index (κ1) is 13.6. The minimum Gasteiger partial charge on any atom is -0.433 e. The van der Waals surface area contributed by atoms with Gasteiger partial charge in [0.25, 0.3) is 0 Å². The summed E-state index contributed by atoms with van der Waals surface area (Å²) in [6, 6.07) is 8.86. The highest BCUT2D eigenvalue weighted by Gasteiger charge is 2.23. The Morgan fingerprint density at radius 3 is 2.53 bits per heavy atom. The second kappa shape index (κ2) is 6.40. The lowest BCUT2D eigenvalue weighted by atomic mass is 10.1. The average Bonchev–Trinajstić information content (AvgIpc) is 2.95. The quantitative estimate of drug-likeness (QED) is 0.477. The van der Waals surface area contributed by atoms with E-state index in [1.807, 2.05) is 6.07 Å². The van der Waals surface area contributed by atoms with Gasteiger partial charge in [-0.15, -0.1) is 0 Å². The number of ether oxygens (including phenoxy) is 1. The number of nitriles is 1. The molecule has 1 aromatic rings. The fourth-order valence-electron chi connectivity index (χ4n) is 2.16. The van der Waals surface area contributed by atoms with E-state index in [0.717, 1.165) is 25.7 Å². The zero-order valence-electron chi connectivity index (χ0n) is 10.4. The lowest BCUT2D eigenvalue weighted by molar-refractivity contribution is -0.142. The summed E-state index contributed by atoms with van der Waals surface area (Å²) >= 11 is 5.79. The molecule has 1 fully saturated rings. The highest BCUT2D eigenvalue weighted by atomic mass is 35.5. The van der Waals surface area contributed by atoms with Gasteiger partial charge in [-0.1, -0.05) is 36.6 Å². The molecule has 1 aliphatic rings. The normalized spacial score (nSPS) is 16.1. The Bertz CT molecular complexity index is 522. The minimum absolute atomic E-state index is 0.0126. The van der Waals surface area contributed by atoms with Gasteiger partial charge in [-0.2, -0.15) is 5.26 Å². The van der Waals surface area contributed by atoms with E-state index in [4.69, 9.17) is 21.6 Å². The summed E-state index contributed by atoms with van der Waals surface area (Å²) in [5.74, 6) is -0.249. The molecule has 0 amide bonds. The molecule has 0 unspecified atom stereocenters. The van der Waals surface area contributed by atoms with Crippen molar-refractivity contribution in [1.82, 2.24) is 0 Å². The molecule has 98 valence electrons. The van der Waals surface area contributed by atoms with Gasteiger partial charge in [-0.05, 0) is 30.5 Å². The van der Waals surface area contributed by atoms with Crippen LogP contribution in [-0.4, -0.2) is 5.97 Å². The first-order valence-electron chi connectivity index (χ1n) is 6.27. The van der Waals surface area contributed by atoms with E-state index in [2.05, 4.69) is 0 Å². The molecule has 0 radical (unpaired) electrons. The summed E-state index contributed by atoms with van der Waals surface area (Å²) in [4.78, 5) is 11.8. The summed E-state index contributed by atoms with van der Waals surface area (Å²) in [6.45, 7) is 0. The third-order valence-electron chi connectivity index (χ3n) is 3.26. The number of hydrogen-bond acceptors (Lipinski definition) is 3. The van der Waals surface area contributed by atoms with Crippen LogP contribution in [-0.2, 0) is 9.53 Å². The van der Waals surface area contributed by atoms with Crippen molar-refractivity contribution in [3.63, 3.8) is 0 Å². The van der Waals surface area contributed by atoms with Crippen LogP contribution in [0.25, 0.3) is 5.57 Å². The fraction of sp³-hybridized carbons (Fsp3) is 0.333. The lowest BCUT2D eigenvalue weighted by Crippen LogP contribution is -2.11. The molecule has 0 atom stereocenters. The molecule has 4 heteroatoms. The highest BCUT2D eigenvalue weighted by Crippen LogP contribution is 2.26. The molecular formula is C15H14ClNO2. The van der Waals surface area contributed by atoms with E-state index >= 15 is 0 Å². The number of carbonyl (C=O) groups is 1. The maximum Gasteiger partial charge on any atom is 0.313 e. The molecule has 0 bridgehead atoms. The van der Waals surface area contributed by atoms with Gasteiger partial charge in [-0.25, -0.2) is 0 Å². The first-order valence-corrected chi connectivity index (χ1v) is 6.65. The second-order valence-electron chi connectivity index (χ2n) is 4.57. The molecule has 0 saturated heterocycles. The van der Waals surface area contributed by atoms with E-state index in [9.17, 15) is 4.79 Å². The number of allylic oxidation sites excluding steroid dienone is 1. The van der Waals surface area contributed by atoms with Crippen LogP contribution in [0.5, 0.6) is 0 Å². The van der Waals surface area contributed by atoms with Crippen molar-refractivity contribution in [3.8, 4) is 6.07 Å². The van der Waals surface area contributed by atoms with Crippen LogP contribution in [0.1, 0.15) is 31.2 Å². The summed E-state index contributed by atoms with van der Waals surface area (Å²) in [5, 5.41) is 9.69. The third kappa shape index (κ3) is 3.59. The predicted molar refractivity (Wildman–Crippen MR) is 73.1 cm³/mol. The molecule has 0 heterocycles. The van der Waals surface area contributed by atoms with Gasteiger partial charge < -0.3 is 4.74 Å². The number of hydrogen-bond donors (Lipinski definition) is 0. The first-order chi connectivity index (χ1) is 9.20. The van der Waals surface area contributed by atoms with Crippen LogP contribution in [0.2, 0.25) is 5.02 Å². The number of carbonyl (C=O) groups excluding carboxylic acids is 1. The monoisotopic (exact) mass is 275 g/mol. The third-order valence-corrected chi connectivity index (χ3v) is 3.51. The maximum absolute atomic E-state index is 11.8. The SMILES string of the molecule is N#CC(=COC(=O)C1CCCC1)c1ccc(Cl)cc1. The molecule has 19 heavy (non-hydrogen) atoms. The van der Waals surface area contributed by atoms with E-state index < -0.39 is 0 Å². The zero-order valence-corrected chi connectivity index (χ0v) is 11.2. The average molecular weight is 276 g/mol. The molecular weight excluding hydrogens is 262 g/mol. The fourth-order valence-corrected chi connectivity index (χ4v) is 2.29. The number of rotatable bonds is 3. The van der Waals surface area contributed by atoms with Gasteiger partial charge >= 0.3 is 5.97 Å². The van der Waals surface area contributed by atoms with E-state index in [0.29, 0.717) is 16.2 Å². The Hall–Kier alpha value is -1.79. The standard InChI is InChI=1S/C15H14ClNO2/c16-14-7-5-11(6-8-14)13(9-17)10-19-15(18)12-3-1-2-4-12/h5-8,10,12H,1-4H2. The van der Waals surface area contributed by atoms with E-state index in [1.54, 1.807) is 24.3 Å². The zero-order chi connectivity index (χ0) is 13.7. The maximum atomic E-state index is 11.8. The molecule has 0 spiro atoms. The van der Waals surface area contributed by atoms with Crippen molar-refractivity contribution in [1.29, 1.82) is 5.26 Å². The van der Waals surface area contributed by atoms with Crippen LogP contribution in [0.3, 0.4) is 0 Å².